The van der Waals surface area contributed by atoms with E-state index in [0.717, 1.165) is 25.5 Å². The lowest BCUT2D eigenvalue weighted by atomic mass is 10.1. The summed E-state index contributed by atoms with van der Waals surface area (Å²) >= 11 is 2.24. The van der Waals surface area contributed by atoms with Crippen molar-refractivity contribution in [2.24, 2.45) is 0 Å². The lowest BCUT2D eigenvalue weighted by Crippen LogP contribution is -2.23. The first-order valence-corrected chi connectivity index (χ1v) is 9.76. The second kappa shape index (κ2) is 6.59. The molecule has 0 heterocycles. The van der Waals surface area contributed by atoms with Crippen LogP contribution in [0, 0.1) is 10.5 Å². The van der Waals surface area contributed by atoms with Crippen molar-refractivity contribution >= 4 is 43.4 Å². The minimum Gasteiger partial charge on any atom is -0.207 e. The number of halogens is 1. The fraction of sp³-hybridized carbons (Fsp3) is 0.111. The van der Waals surface area contributed by atoms with Gasteiger partial charge in [0.1, 0.15) is 0 Å². The lowest BCUT2D eigenvalue weighted by Gasteiger charge is -2.11. The van der Waals surface area contributed by atoms with Crippen LogP contribution in [-0.4, -0.2) is 8.42 Å². The van der Waals surface area contributed by atoms with Crippen molar-refractivity contribution in [3.8, 4) is 0 Å². The molecular formula is C18H16INO2S. The van der Waals surface area contributed by atoms with Crippen LogP contribution in [-0.2, 0) is 16.6 Å². The quantitative estimate of drug-likeness (QED) is 0.621. The van der Waals surface area contributed by atoms with Crippen LogP contribution in [0.3, 0.4) is 0 Å². The summed E-state index contributed by atoms with van der Waals surface area (Å²) in [5.41, 5.74) is 2.03. The van der Waals surface area contributed by atoms with Crippen molar-refractivity contribution in [1.29, 1.82) is 0 Å². The van der Waals surface area contributed by atoms with E-state index in [9.17, 15) is 8.42 Å². The first-order valence-electron chi connectivity index (χ1n) is 7.20. The number of aryl methyl sites for hydroxylation is 1. The van der Waals surface area contributed by atoms with Crippen molar-refractivity contribution in [3.05, 3.63) is 75.4 Å². The van der Waals surface area contributed by atoms with Crippen LogP contribution in [0.4, 0.5) is 0 Å². The summed E-state index contributed by atoms with van der Waals surface area (Å²) in [5, 5.41) is 2.18. The molecule has 0 aliphatic carbocycles. The summed E-state index contributed by atoms with van der Waals surface area (Å²) in [5.74, 6) is 0. The van der Waals surface area contributed by atoms with Gasteiger partial charge in [-0.25, -0.2) is 13.1 Å². The largest absolute Gasteiger partial charge is 0.240 e. The Balaban J connectivity index is 1.91. The second-order valence-corrected chi connectivity index (χ2v) is 8.31. The Morgan fingerprint density at radius 1 is 0.957 bits per heavy atom. The van der Waals surface area contributed by atoms with Crippen LogP contribution in [0.25, 0.3) is 10.8 Å². The third kappa shape index (κ3) is 3.57. The number of fused-ring (bicyclic) bond motifs is 1. The Bertz CT molecular complexity index is 950. The highest BCUT2D eigenvalue weighted by atomic mass is 127. The molecule has 0 fully saturated rings. The molecule has 0 atom stereocenters. The fourth-order valence-electron chi connectivity index (χ4n) is 2.46. The fourth-order valence-corrected chi connectivity index (χ4v) is 4.11. The van der Waals surface area contributed by atoms with Crippen LogP contribution >= 0.6 is 22.6 Å². The Hall–Kier alpha value is -1.44. The topological polar surface area (TPSA) is 46.2 Å². The third-order valence-electron chi connectivity index (χ3n) is 3.75. The van der Waals surface area contributed by atoms with Gasteiger partial charge in [-0.2, -0.15) is 0 Å². The number of nitrogens with one attached hydrogen (secondary N) is 1. The van der Waals surface area contributed by atoms with Crippen LogP contribution in [0.5, 0.6) is 0 Å². The van der Waals surface area contributed by atoms with Crippen molar-refractivity contribution < 1.29 is 8.42 Å². The Morgan fingerprint density at radius 2 is 1.65 bits per heavy atom. The van der Waals surface area contributed by atoms with E-state index in [0.29, 0.717) is 4.90 Å². The molecule has 23 heavy (non-hydrogen) atoms. The molecule has 1 N–H and O–H groups in total. The van der Waals surface area contributed by atoms with Gasteiger partial charge in [-0.05, 0) is 64.0 Å². The average molecular weight is 437 g/mol. The van der Waals surface area contributed by atoms with Crippen LogP contribution in [0.2, 0.25) is 0 Å². The SMILES string of the molecule is Cc1ccc(S(=O)(=O)NCc2c(I)ccc3ccccc23)cc1. The maximum Gasteiger partial charge on any atom is 0.240 e. The predicted molar refractivity (Wildman–Crippen MR) is 102 cm³/mol. The zero-order chi connectivity index (χ0) is 16.4. The number of hydrogen-bond donors (Lipinski definition) is 1. The van der Waals surface area contributed by atoms with E-state index >= 15 is 0 Å². The van der Waals surface area contributed by atoms with Gasteiger partial charge < -0.3 is 0 Å². The molecule has 3 aromatic carbocycles. The maximum atomic E-state index is 12.5. The van der Waals surface area contributed by atoms with Crippen molar-refractivity contribution in [2.75, 3.05) is 0 Å². The zero-order valence-corrected chi connectivity index (χ0v) is 15.6. The smallest absolute Gasteiger partial charge is 0.207 e. The molecule has 3 nitrogen and oxygen atoms in total. The summed E-state index contributed by atoms with van der Waals surface area (Å²) in [4.78, 5) is 0.290. The second-order valence-electron chi connectivity index (χ2n) is 5.38. The van der Waals surface area contributed by atoms with Gasteiger partial charge >= 0.3 is 0 Å². The molecule has 5 heteroatoms. The molecule has 0 unspecified atom stereocenters. The lowest BCUT2D eigenvalue weighted by molar-refractivity contribution is 0.581. The molecule has 118 valence electrons. The van der Waals surface area contributed by atoms with Gasteiger partial charge in [-0.1, -0.05) is 48.0 Å². The molecule has 0 amide bonds. The summed E-state index contributed by atoms with van der Waals surface area (Å²) in [6.07, 6.45) is 0. The van der Waals surface area contributed by atoms with E-state index in [1.165, 1.54) is 0 Å². The summed E-state index contributed by atoms with van der Waals surface area (Å²) < 4.78 is 28.7. The van der Waals surface area contributed by atoms with Gasteiger partial charge in [-0.3, -0.25) is 0 Å². The molecule has 0 aliphatic heterocycles. The molecule has 0 bridgehead atoms. The average Bonchev–Trinajstić information content (AvgIpc) is 2.54. The van der Waals surface area contributed by atoms with E-state index < -0.39 is 10.0 Å². The van der Waals surface area contributed by atoms with Crippen LogP contribution in [0.1, 0.15) is 11.1 Å². The Labute approximate surface area is 149 Å². The monoisotopic (exact) mass is 437 g/mol. The van der Waals surface area contributed by atoms with E-state index in [1.807, 2.05) is 37.3 Å². The first kappa shape index (κ1) is 16.4. The normalized spacial score (nSPS) is 11.7. The maximum absolute atomic E-state index is 12.5. The number of sulfonamides is 1. The molecule has 0 saturated heterocycles. The number of hydrogen-bond acceptors (Lipinski definition) is 2. The van der Waals surface area contributed by atoms with Crippen LogP contribution < -0.4 is 4.72 Å². The van der Waals surface area contributed by atoms with Crippen molar-refractivity contribution in [1.82, 2.24) is 4.72 Å². The standard InChI is InChI=1S/C18H16INO2S/c1-13-6-9-15(10-7-13)23(21,22)20-12-17-16-5-3-2-4-14(16)8-11-18(17)19/h2-11,20H,12H2,1H3. The third-order valence-corrected chi connectivity index (χ3v) is 6.18. The van der Waals surface area contributed by atoms with E-state index in [1.54, 1.807) is 24.3 Å². The molecular weight excluding hydrogens is 421 g/mol. The van der Waals surface area contributed by atoms with Crippen molar-refractivity contribution in [3.63, 3.8) is 0 Å². The Kier molecular flexibility index (Phi) is 4.70. The highest BCUT2D eigenvalue weighted by molar-refractivity contribution is 14.1. The minimum atomic E-state index is -3.51. The number of benzene rings is 3. The highest BCUT2D eigenvalue weighted by Crippen LogP contribution is 2.24. The van der Waals surface area contributed by atoms with E-state index in [2.05, 4.69) is 33.4 Å². The minimum absolute atomic E-state index is 0.274. The molecule has 0 aliphatic rings. The van der Waals surface area contributed by atoms with Gasteiger partial charge in [0, 0.05) is 10.1 Å². The van der Waals surface area contributed by atoms with E-state index in [4.69, 9.17) is 0 Å². The molecule has 0 saturated carbocycles. The highest BCUT2D eigenvalue weighted by Gasteiger charge is 2.15. The first-order chi connectivity index (χ1) is 11.0. The van der Waals surface area contributed by atoms with Crippen molar-refractivity contribution in [2.45, 2.75) is 18.4 Å². The predicted octanol–water partition coefficient (Wildman–Crippen LogP) is 4.23. The summed E-state index contributed by atoms with van der Waals surface area (Å²) in [7, 11) is -3.51. The van der Waals surface area contributed by atoms with E-state index in [-0.39, 0.29) is 6.54 Å². The van der Waals surface area contributed by atoms with Gasteiger partial charge in [0.05, 0.1) is 4.90 Å². The summed E-state index contributed by atoms with van der Waals surface area (Å²) in [6.45, 7) is 2.21. The molecule has 3 rings (SSSR count). The molecule has 0 radical (unpaired) electrons. The zero-order valence-electron chi connectivity index (χ0n) is 12.6. The molecule has 3 aromatic rings. The molecule has 0 aromatic heterocycles. The van der Waals surface area contributed by atoms with Gasteiger partial charge in [0.25, 0.3) is 0 Å². The van der Waals surface area contributed by atoms with Gasteiger partial charge in [-0.15, -0.1) is 0 Å². The Morgan fingerprint density at radius 3 is 2.39 bits per heavy atom. The molecule has 0 spiro atoms. The number of rotatable bonds is 4. The van der Waals surface area contributed by atoms with Gasteiger partial charge in [0.2, 0.25) is 10.0 Å². The van der Waals surface area contributed by atoms with Gasteiger partial charge in [0.15, 0.2) is 0 Å². The van der Waals surface area contributed by atoms with Crippen LogP contribution in [0.15, 0.2) is 65.6 Å². The summed E-state index contributed by atoms with van der Waals surface area (Å²) in [6, 6.07) is 18.9.